The van der Waals surface area contributed by atoms with Gasteiger partial charge < -0.3 is 30.1 Å². The number of carbonyl (C=O) groups is 4. The van der Waals surface area contributed by atoms with E-state index < -0.39 is 53.2 Å². The van der Waals surface area contributed by atoms with Gasteiger partial charge in [0.1, 0.15) is 35.1 Å². The van der Waals surface area contributed by atoms with Crippen molar-refractivity contribution in [2.45, 2.75) is 143 Å². The second kappa shape index (κ2) is 20.7. The summed E-state index contributed by atoms with van der Waals surface area (Å²) in [6, 6.07) is 18.1. The van der Waals surface area contributed by atoms with Gasteiger partial charge in [-0.3, -0.25) is 9.59 Å². The van der Waals surface area contributed by atoms with Crippen molar-refractivity contribution in [1.29, 1.82) is 0 Å². The van der Waals surface area contributed by atoms with E-state index in [1.165, 1.54) is 17.0 Å². The van der Waals surface area contributed by atoms with E-state index >= 15 is 4.79 Å². The number of phenolic OH excluding ortho intramolecular Hbond substituents is 1. The number of esters is 1. The van der Waals surface area contributed by atoms with Crippen LogP contribution in [-0.4, -0.2) is 63.7 Å². The highest BCUT2D eigenvalue weighted by molar-refractivity contribution is 5.94. The van der Waals surface area contributed by atoms with Gasteiger partial charge in [0.15, 0.2) is 0 Å². The minimum atomic E-state index is -1.16. The lowest BCUT2D eigenvalue weighted by molar-refractivity contribution is -0.159. The highest BCUT2D eigenvalue weighted by Gasteiger charge is 2.38. The molecule has 0 saturated carbocycles. The van der Waals surface area contributed by atoms with E-state index in [2.05, 4.69) is 17.6 Å². The molecule has 3 atom stereocenters. The number of hydrogen-bond acceptors (Lipinski definition) is 7. The molecule has 0 radical (unpaired) electrons. The van der Waals surface area contributed by atoms with Crippen LogP contribution in [0.1, 0.15) is 121 Å². The number of amides is 3. The largest absolute Gasteiger partial charge is 0.508 e. The van der Waals surface area contributed by atoms with Crippen molar-refractivity contribution in [3.05, 3.63) is 101 Å². The van der Waals surface area contributed by atoms with Gasteiger partial charge in [-0.05, 0) is 102 Å². The molecular formula is C45H63N3O7. The van der Waals surface area contributed by atoms with Crippen molar-refractivity contribution in [1.82, 2.24) is 15.5 Å². The Morgan fingerprint density at radius 3 is 1.87 bits per heavy atom. The van der Waals surface area contributed by atoms with Crippen LogP contribution < -0.4 is 10.6 Å². The monoisotopic (exact) mass is 757 g/mol. The Hall–Kier alpha value is -4.86. The number of nitrogens with zero attached hydrogens (tertiary/aromatic N) is 1. The quantitative estimate of drug-likeness (QED) is 0.0876. The standard InChI is InChI=1S/C45H63N3O7/c1-10-11-12-13-14-18-27-48(41(51)37(47-43(53)55-45(7,8)9)29-34-22-25-36(49)26-23-34)39(35-24-21-31(2)32(3)28-35)40(50)46-38(42(52)54-44(4,5)6)30-33-19-16-15-17-20-33/h15-17,19-26,28,37-39,49H,10-14,18,27,29-30H2,1-9H3,(H,46,50)(H,47,53). The number of alkyl carbamates (subject to hydrolysis) is 1. The number of unbranched alkanes of at least 4 members (excludes halogenated alkanes) is 5. The summed E-state index contributed by atoms with van der Waals surface area (Å²) >= 11 is 0. The zero-order chi connectivity index (χ0) is 40.8. The minimum Gasteiger partial charge on any atom is -0.508 e. The molecule has 0 aliphatic rings. The molecular weight excluding hydrogens is 695 g/mol. The zero-order valence-electron chi connectivity index (χ0n) is 34.4. The number of ether oxygens (including phenoxy) is 2. The Balaban J connectivity index is 2.15. The topological polar surface area (TPSA) is 134 Å². The number of hydrogen-bond donors (Lipinski definition) is 3. The summed E-state index contributed by atoms with van der Waals surface area (Å²) in [5, 5.41) is 15.8. The maximum absolute atomic E-state index is 15.1. The number of aromatic hydroxyl groups is 1. The summed E-state index contributed by atoms with van der Waals surface area (Å²) in [4.78, 5) is 58.6. The van der Waals surface area contributed by atoms with E-state index in [0.717, 1.165) is 48.8 Å². The number of phenols is 1. The molecule has 3 aromatic carbocycles. The number of carbonyl (C=O) groups excluding carboxylic acids is 4. The predicted octanol–water partition coefficient (Wildman–Crippen LogP) is 8.44. The lowest BCUT2D eigenvalue weighted by Crippen LogP contribution is -2.55. The Kier molecular flexibility index (Phi) is 16.8. The summed E-state index contributed by atoms with van der Waals surface area (Å²) in [5.41, 5.74) is 2.41. The van der Waals surface area contributed by atoms with Crippen molar-refractivity contribution >= 4 is 23.9 Å². The number of nitrogens with one attached hydrogen (secondary N) is 2. The molecule has 0 aromatic heterocycles. The normalized spacial score (nSPS) is 13.3. The van der Waals surface area contributed by atoms with Crippen LogP contribution in [0.25, 0.3) is 0 Å². The van der Waals surface area contributed by atoms with Crippen LogP contribution in [0.3, 0.4) is 0 Å². The number of rotatable bonds is 18. The van der Waals surface area contributed by atoms with Crippen LogP contribution in [-0.2, 0) is 36.7 Å². The van der Waals surface area contributed by atoms with Gasteiger partial charge in [-0.2, -0.15) is 0 Å². The molecule has 3 rings (SSSR count). The van der Waals surface area contributed by atoms with Crippen LogP contribution in [0.15, 0.2) is 72.8 Å². The number of aryl methyl sites for hydroxylation is 2. The van der Waals surface area contributed by atoms with Gasteiger partial charge in [0.05, 0.1) is 0 Å². The van der Waals surface area contributed by atoms with Gasteiger partial charge in [0, 0.05) is 19.4 Å². The molecule has 0 saturated heterocycles. The predicted molar refractivity (Wildman–Crippen MR) is 217 cm³/mol. The third-order valence-corrected chi connectivity index (χ3v) is 9.10. The van der Waals surface area contributed by atoms with Gasteiger partial charge in [-0.15, -0.1) is 0 Å². The van der Waals surface area contributed by atoms with Crippen molar-refractivity contribution in [2.75, 3.05) is 6.54 Å². The first kappa shape index (κ1) is 44.5. The fourth-order valence-electron chi connectivity index (χ4n) is 6.22. The van der Waals surface area contributed by atoms with Gasteiger partial charge in [-0.25, -0.2) is 9.59 Å². The van der Waals surface area contributed by atoms with E-state index in [9.17, 15) is 19.5 Å². The Morgan fingerprint density at radius 2 is 1.27 bits per heavy atom. The highest BCUT2D eigenvalue weighted by Crippen LogP contribution is 2.27. The van der Waals surface area contributed by atoms with E-state index in [-0.39, 0.29) is 25.1 Å². The van der Waals surface area contributed by atoms with Gasteiger partial charge >= 0.3 is 12.1 Å². The highest BCUT2D eigenvalue weighted by atomic mass is 16.6. The lowest BCUT2D eigenvalue weighted by atomic mass is 9.96. The SMILES string of the molecule is CCCCCCCCN(C(=O)C(Cc1ccc(O)cc1)NC(=O)OC(C)(C)C)C(C(=O)NC(Cc1ccccc1)C(=O)OC(C)(C)C)c1ccc(C)c(C)c1. The summed E-state index contributed by atoms with van der Waals surface area (Å²) in [6.45, 7) is 16.8. The Bertz CT molecular complexity index is 1690. The molecule has 55 heavy (non-hydrogen) atoms. The Morgan fingerprint density at radius 1 is 0.691 bits per heavy atom. The molecule has 3 amide bonds. The maximum Gasteiger partial charge on any atom is 0.408 e. The summed E-state index contributed by atoms with van der Waals surface area (Å²) < 4.78 is 11.4. The second-order valence-electron chi connectivity index (χ2n) is 16.4. The molecule has 300 valence electrons. The average molecular weight is 758 g/mol. The molecule has 10 nitrogen and oxygen atoms in total. The first-order chi connectivity index (χ1) is 25.9. The molecule has 3 unspecified atom stereocenters. The fourth-order valence-corrected chi connectivity index (χ4v) is 6.22. The first-order valence-electron chi connectivity index (χ1n) is 19.6. The van der Waals surface area contributed by atoms with E-state index in [0.29, 0.717) is 17.5 Å². The molecule has 0 heterocycles. The molecule has 10 heteroatoms. The molecule has 3 N–H and O–H groups in total. The fraction of sp³-hybridized carbons (Fsp3) is 0.511. The summed E-state index contributed by atoms with van der Waals surface area (Å²) in [5.74, 6) is -1.55. The first-order valence-corrected chi connectivity index (χ1v) is 19.6. The molecule has 0 bridgehead atoms. The van der Waals surface area contributed by atoms with Crippen LogP contribution in [0, 0.1) is 13.8 Å². The lowest BCUT2D eigenvalue weighted by Gasteiger charge is -2.36. The molecule has 0 fully saturated rings. The van der Waals surface area contributed by atoms with Gasteiger partial charge in [0.25, 0.3) is 0 Å². The van der Waals surface area contributed by atoms with E-state index in [1.807, 2.05) is 62.4 Å². The average Bonchev–Trinajstić information content (AvgIpc) is 3.09. The third-order valence-electron chi connectivity index (χ3n) is 9.10. The Labute approximate surface area is 328 Å². The van der Waals surface area contributed by atoms with Crippen LogP contribution >= 0.6 is 0 Å². The van der Waals surface area contributed by atoms with E-state index in [1.54, 1.807) is 53.7 Å². The van der Waals surface area contributed by atoms with Crippen molar-refractivity contribution in [3.63, 3.8) is 0 Å². The van der Waals surface area contributed by atoms with Gasteiger partial charge in [0.2, 0.25) is 11.8 Å². The molecule has 0 spiro atoms. The maximum atomic E-state index is 15.1. The number of benzene rings is 3. The summed E-state index contributed by atoms with van der Waals surface area (Å²) in [7, 11) is 0. The molecule has 0 aliphatic carbocycles. The van der Waals surface area contributed by atoms with Crippen LogP contribution in [0.2, 0.25) is 0 Å². The molecule has 0 aliphatic heterocycles. The third kappa shape index (κ3) is 15.4. The molecule has 3 aromatic rings. The van der Waals surface area contributed by atoms with Crippen LogP contribution in [0.4, 0.5) is 4.79 Å². The summed E-state index contributed by atoms with van der Waals surface area (Å²) in [6.07, 6.45) is 5.16. The van der Waals surface area contributed by atoms with Gasteiger partial charge in [-0.1, -0.05) is 99.7 Å². The minimum absolute atomic E-state index is 0.0675. The van der Waals surface area contributed by atoms with Crippen molar-refractivity contribution < 1.29 is 33.8 Å². The second-order valence-corrected chi connectivity index (χ2v) is 16.4. The van der Waals surface area contributed by atoms with Crippen molar-refractivity contribution in [3.8, 4) is 5.75 Å². The zero-order valence-corrected chi connectivity index (χ0v) is 34.4. The van der Waals surface area contributed by atoms with Crippen molar-refractivity contribution in [2.24, 2.45) is 0 Å². The van der Waals surface area contributed by atoms with Crippen LogP contribution in [0.5, 0.6) is 5.75 Å². The smallest absolute Gasteiger partial charge is 0.408 e. The van der Waals surface area contributed by atoms with E-state index in [4.69, 9.17) is 9.47 Å².